The van der Waals surface area contributed by atoms with E-state index in [1.54, 1.807) is 43.5 Å². The summed E-state index contributed by atoms with van der Waals surface area (Å²) in [6.07, 6.45) is -5.08. The fourth-order valence-electron chi connectivity index (χ4n) is 3.90. The number of ether oxygens (including phenoxy) is 1. The second kappa shape index (κ2) is 13.1. The lowest BCUT2D eigenvalue weighted by Gasteiger charge is -2.38. The second-order valence-electron chi connectivity index (χ2n) is 8.45. The van der Waals surface area contributed by atoms with E-state index in [1.807, 2.05) is 29.2 Å². The minimum atomic E-state index is -5.08. The van der Waals surface area contributed by atoms with E-state index in [1.165, 1.54) is 6.07 Å². The van der Waals surface area contributed by atoms with E-state index >= 15 is 0 Å². The molecule has 212 valence electrons. The number of hydrogen-bond acceptors (Lipinski definition) is 6. The molecule has 4 rings (SSSR count). The smallest absolute Gasteiger partial charge is 0.490 e. The molecule has 0 aliphatic carbocycles. The highest BCUT2D eigenvalue weighted by molar-refractivity contribution is 6.33. The number of nitrogens with one attached hydrogen (secondary N) is 1. The highest BCUT2D eigenvalue weighted by Gasteiger charge is 2.38. The third kappa shape index (κ3) is 7.79. The number of amides is 1. The summed E-state index contributed by atoms with van der Waals surface area (Å²) < 4.78 is 36.8. The first-order valence-electron chi connectivity index (χ1n) is 11.8. The van der Waals surface area contributed by atoms with Crippen LogP contribution in [-0.4, -0.2) is 67.5 Å². The maximum atomic E-state index is 12.6. The molecule has 3 aromatic rings. The summed E-state index contributed by atoms with van der Waals surface area (Å²) >= 11 is 6.32. The van der Waals surface area contributed by atoms with Gasteiger partial charge in [-0.2, -0.15) is 13.2 Å². The summed E-state index contributed by atoms with van der Waals surface area (Å²) in [5, 5.41) is 20.4. The van der Waals surface area contributed by atoms with Crippen molar-refractivity contribution in [3.05, 3.63) is 82.9 Å². The highest BCUT2D eigenvalue weighted by atomic mass is 35.5. The molecule has 1 amide bonds. The maximum absolute atomic E-state index is 12.6. The lowest BCUT2D eigenvalue weighted by molar-refractivity contribution is -0.192. The minimum Gasteiger partial charge on any atom is -0.497 e. The van der Waals surface area contributed by atoms with Gasteiger partial charge in [0, 0.05) is 37.4 Å². The zero-order chi connectivity index (χ0) is 29.4. The van der Waals surface area contributed by atoms with Crippen LogP contribution in [0.15, 0.2) is 66.7 Å². The molecule has 9 nitrogen and oxygen atoms in total. The number of carboxylic acids is 2. The Morgan fingerprint density at radius 2 is 1.43 bits per heavy atom. The Kier molecular flexibility index (Phi) is 9.83. The largest absolute Gasteiger partial charge is 0.497 e. The van der Waals surface area contributed by atoms with Gasteiger partial charge in [-0.05, 0) is 54.6 Å². The van der Waals surface area contributed by atoms with E-state index in [0.29, 0.717) is 40.8 Å². The monoisotopic (exact) mass is 579 g/mol. The average molecular weight is 580 g/mol. The molecule has 1 heterocycles. The van der Waals surface area contributed by atoms with Crippen LogP contribution in [0.1, 0.15) is 20.7 Å². The number of anilines is 3. The SMILES string of the molecule is COc1ccc(C(=O)Nc2ccc(N3CCN(c4ccccc4Cl)CC3)c(C(=O)O)c2)cc1.O=C(O)C(F)(F)F. The number of carboxylic acid groups (broad SMARTS) is 2. The van der Waals surface area contributed by atoms with Crippen LogP contribution in [0.25, 0.3) is 0 Å². The van der Waals surface area contributed by atoms with Crippen LogP contribution in [0.4, 0.5) is 30.2 Å². The quantitative estimate of drug-likeness (QED) is 0.362. The second-order valence-corrected chi connectivity index (χ2v) is 8.86. The van der Waals surface area contributed by atoms with Crippen LogP contribution in [-0.2, 0) is 4.79 Å². The number of hydrogen-bond donors (Lipinski definition) is 3. The van der Waals surface area contributed by atoms with E-state index < -0.39 is 18.1 Å². The number of aromatic carboxylic acids is 1. The Morgan fingerprint density at radius 1 is 0.875 bits per heavy atom. The topological polar surface area (TPSA) is 119 Å². The maximum Gasteiger partial charge on any atom is 0.490 e. The van der Waals surface area contributed by atoms with Crippen LogP contribution < -0.4 is 19.9 Å². The number of piperazine rings is 1. The molecule has 1 aliphatic heterocycles. The van der Waals surface area contributed by atoms with E-state index in [-0.39, 0.29) is 11.5 Å². The number of alkyl halides is 3. The number of para-hydroxylation sites is 1. The molecule has 3 aromatic carbocycles. The highest BCUT2D eigenvalue weighted by Crippen LogP contribution is 2.30. The molecular formula is C27H25ClF3N3O6. The summed E-state index contributed by atoms with van der Waals surface area (Å²) in [7, 11) is 1.56. The molecule has 3 N–H and O–H groups in total. The van der Waals surface area contributed by atoms with E-state index in [9.17, 15) is 27.9 Å². The molecule has 0 saturated carbocycles. The van der Waals surface area contributed by atoms with Crippen molar-refractivity contribution < 1.29 is 42.5 Å². The Labute approximate surface area is 232 Å². The van der Waals surface area contributed by atoms with Gasteiger partial charge in [0.2, 0.25) is 0 Å². The molecule has 1 aliphatic rings. The van der Waals surface area contributed by atoms with Crippen LogP contribution in [0.2, 0.25) is 5.02 Å². The molecule has 1 fully saturated rings. The van der Waals surface area contributed by atoms with Gasteiger partial charge in [-0.3, -0.25) is 4.79 Å². The van der Waals surface area contributed by atoms with Crippen molar-refractivity contribution in [3.63, 3.8) is 0 Å². The lowest BCUT2D eigenvalue weighted by Crippen LogP contribution is -2.47. The molecule has 0 spiro atoms. The molecule has 13 heteroatoms. The predicted molar refractivity (Wildman–Crippen MR) is 144 cm³/mol. The van der Waals surface area contributed by atoms with Crippen molar-refractivity contribution in [3.8, 4) is 5.75 Å². The van der Waals surface area contributed by atoms with Crippen molar-refractivity contribution in [1.82, 2.24) is 0 Å². The first kappa shape index (κ1) is 30.1. The zero-order valence-electron chi connectivity index (χ0n) is 21.1. The first-order chi connectivity index (χ1) is 18.9. The Hall–Kier alpha value is -4.45. The average Bonchev–Trinajstić information content (AvgIpc) is 2.93. The first-order valence-corrected chi connectivity index (χ1v) is 12.2. The number of benzene rings is 3. The van der Waals surface area contributed by atoms with Crippen molar-refractivity contribution in [1.29, 1.82) is 0 Å². The number of carbonyl (C=O) groups excluding carboxylic acids is 1. The molecule has 0 radical (unpaired) electrons. The number of aliphatic carboxylic acids is 1. The van der Waals surface area contributed by atoms with Crippen LogP contribution in [0.3, 0.4) is 0 Å². The normalized spacial score (nSPS) is 13.1. The van der Waals surface area contributed by atoms with Gasteiger partial charge in [-0.1, -0.05) is 23.7 Å². The number of rotatable bonds is 6. The Bertz CT molecular complexity index is 1360. The number of carbonyl (C=O) groups is 3. The summed E-state index contributed by atoms with van der Waals surface area (Å²) in [4.78, 5) is 37.7. The fraction of sp³-hybridized carbons (Fsp3) is 0.222. The molecule has 1 saturated heterocycles. The van der Waals surface area contributed by atoms with Gasteiger partial charge in [0.15, 0.2) is 0 Å². The van der Waals surface area contributed by atoms with Crippen molar-refractivity contribution >= 4 is 46.5 Å². The van der Waals surface area contributed by atoms with Crippen molar-refractivity contribution in [2.24, 2.45) is 0 Å². The number of methoxy groups -OCH3 is 1. The summed E-state index contributed by atoms with van der Waals surface area (Å²) in [5.41, 5.74) is 2.63. The van der Waals surface area contributed by atoms with Gasteiger partial charge in [-0.25, -0.2) is 9.59 Å². The van der Waals surface area contributed by atoms with Crippen molar-refractivity contribution in [2.75, 3.05) is 48.4 Å². The molecule has 0 atom stereocenters. The van der Waals surface area contributed by atoms with E-state index in [4.69, 9.17) is 26.2 Å². The van der Waals surface area contributed by atoms with Gasteiger partial charge in [0.1, 0.15) is 5.75 Å². The lowest BCUT2D eigenvalue weighted by atomic mass is 10.1. The van der Waals surface area contributed by atoms with E-state index in [2.05, 4.69) is 10.2 Å². The van der Waals surface area contributed by atoms with Crippen molar-refractivity contribution in [2.45, 2.75) is 6.18 Å². The summed E-state index contributed by atoms with van der Waals surface area (Å²) in [5.74, 6) is -3.47. The Balaban J connectivity index is 0.000000559. The third-order valence-electron chi connectivity index (χ3n) is 5.89. The zero-order valence-corrected chi connectivity index (χ0v) is 21.9. The molecular weight excluding hydrogens is 555 g/mol. The van der Waals surface area contributed by atoms with Gasteiger partial charge < -0.3 is 30.1 Å². The number of nitrogens with zero attached hydrogens (tertiary/aromatic N) is 2. The molecule has 40 heavy (non-hydrogen) atoms. The fourth-order valence-corrected chi connectivity index (χ4v) is 4.16. The van der Waals surface area contributed by atoms with Crippen LogP contribution in [0.5, 0.6) is 5.75 Å². The summed E-state index contributed by atoms with van der Waals surface area (Å²) in [6, 6.07) is 19.4. The van der Waals surface area contributed by atoms with E-state index in [0.717, 1.165) is 18.8 Å². The van der Waals surface area contributed by atoms with Gasteiger partial charge in [0.25, 0.3) is 5.91 Å². The summed E-state index contributed by atoms with van der Waals surface area (Å²) in [6.45, 7) is 2.75. The van der Waals surface area contributed by atoms with Gasteiger partial charge in [0.05, 0.1) is 29.1 Å². The Morgan fingerprint density at radius 3 is 1.93 bits per heavy atom. The third-order valence-corrected chi connectivity index (χ3v) is 6.21. The van der Waals surface area contributed by atoms with Crippen LogP contribution >= 0.6 is 11.6 Å². The minimum absolute atomic E-state index is 0.147. The molecule has 0 aromatic heterocycles. The molecule has 0 unspecified atom stereocenters. The predicted octanol–water partition coefficient (Wildman–Crippen LogP) is 5.26. The van der Waals surface area contributed by atoms with Gasteiger partial charge in [-0.15, -0.1) is 0 Å². The van der Waals surface area contributed by atoms with Gasteiger partial charge >= 0.3 is 18.1 Å². The van der Waals surface area contributed by atoms with Crippen LogP contribution in [0, 0.1) is 0 Å². The number of halogens is 4. The standard InChI is InChI=1S/C25H24ClN3O4.C2HF3O2/c1-33-19-9-6-17(7-10-19)24(30)27-18-8-11-22(20(16-18)25(31)32)28-12-14-29(15-13-28)23-5-3-2-4-21(23)26;3-2(4,5)1(6)7/h2-11,16H,12-15H2,1H3,(H,27,30)(H,31,32);(H,6,7). The molecule has 0 bridgehead atoms.